The van der Waals surface area contributed by atoms with Crippen LogP contribution in [0.25, 0.3) is 0 Å². The summed E-state index contributed by atoms with van der Waals surface area (Å²) < 4.78 is 27.3. The molecule has 164 valence electrons. The number of hydrogen-bond donors (Lipinski definition) is 1. The lowest BCUT2D eigenvalue weighted by molar-refractivity contribution is -0.121. The van der Waals surface area contributed by atoms with Gasteiger partial charge in [0.05, 0.1) is 4.90 Å². The van der Waals surface area contributed by atoms with Crippen molar-refractivity contribution in [1.82, 2.24) is 14.5 Å². The highest BCUT2D eigenvalue weighted by Gasteiger charge is 2.25. The average molecular weight is 424 g/mol. The number of carbonyl (C=O) groups is 1. The molecule has 1 aliphatic rings. The largest absolute Gasteiger partial charge is 0.356 e. The first-order valence-corrected chi connectivity index (χ1v) is 12.0. The third kappa shape index (κ3) is 7.72. The molecule has 0 unspecified atom stereocenters. The van der Waals surface area contributed by atoms with Crippen LogP contribution in [-0.2, 0) is 21.2 Å². The van der Waals surface area contributed by atoms with Gasteiger partial charge < -0.3 is 10.2 Å². The van der Waals surface area contributed by atoms with Crippen molar-refractivity contribution in [1.29, 1.82) is 0 Å². The molecule has 29 heavy (non-hydrogen) atoms. The summed E-state index contributed by atoms with van der Waals surface area (Å²) in [6, 6.07) is 7.00. The molecule has 0 atom stereocenters. The van der Waals surface area contributed by atoms with E-state index in [1.165, 1.54) is 0 Å². The first-order chi connectivity index (χ1) is 13.6. The Morgan fingerprint density at radius 2 is 1.66 bits per heavy atom. The van der Waals surface area contributed by atoms with Gasteiger partial charge in [0.2, 0.25) is 15.9 Å². The molecule has 0 radical (unpaired) electrons. The van der Waals surface area contributed by atoms with Crippen molar-refractivity contribution in [3.05, 3.63) is 29.8 Å². The molecule has 1 saturated heterocycles. The zero-order valence-corrected chi connectivity index (χ0v) is 19.2. The van der Waals surface area contributed by atoms with E-state index in [1.54, 1.807) is 16.4 Å². The van der Waals surface area contributed by atoms with Gasteiger partial charge in [-0.05, 0) is 56.5 Å². The fourth-order valence-corrected chi connectivity index (χ4v) is 5.37. The van der Waals surface area contributed by atoms with Crippen molar-refractivity contribution in [3.63, 3.8) is 0 Å². The molecule has 0 saturated carbocycles. The van der Waals surface area contributed by atoms with E-state index in [1.807, 2.05) is 26.2 Å². The minimum Gasteiger partial charge on any atom is -0.356 e. The number of amides is 1. The van der Waals surface area contributed by atoms with Gasteiger partial charge in [-0.1, -0.05) is 38.8 Å². The van der Waals surface area contributed by atoms with Crippen LogP contribution < -0.4 is 5.32 Å². The van der Waals surface area contributed by atoms with Crippen LogP contribution in [0.5, 0.6) is 0 Å². The number of hydrogen-bond acceptors (Lipinski definition) is 4. The molecule has 1 aromatic rings. The van der Waals surface area contributed by atoms with Gasteiger partial charge in [0.25, 0.3) is 0 Å². The Hall–Kier alpha value is -1.44. The van der Waals surface area contributed by atoms with E-state index in [-0.39, 0.29) is 11.3 Å². The van der Waals surface area contributed by atoms with Gasteiger partial charge in [0.1, 0.15) is 0 Å². The average Bonchev–Trinajstić information content (AvgIpc) is 2.94. The topological polar surface area (TPSA) is 69.7 Å². The van der Waals surface area contributed by atoms with Crippen molar-refractivity contribution in [3.8, 4) is 0 Å². The summed E-state index contributed by atoms with van der Waals surface area (Å²) in [5.74, 6) is 0.0260. The zero-order chi connectivity index (χ0) is 21.5. The molecule has 1 heterocycles. The molecular formula is C22H37N3O3S. The van der Waals surface area contributed by atoms with Gasteiger partial charge in [0, 0.05) is 32.6 Å². The Kier molecular flexibility index (Phi) is 8.67. The summed E-state index contributed by atoms with van der Waals surface area (Å²) in [6.45, 7) is 7.02. The number of rotatable bonds is 9. The lowest BCUT2D eigenvalue weighted by Crippen LogP contribution is -2.40. The minimum atomic E-state index is -3.42. The number of carbonyl (C=O) groups excluding carboxylic acids is 1. The highest BCUT2D eigenvalue weighted by Crippen LogP contribution is 2.21. The number of nitrogens with zero attached hydrogens (tertiary/aromatic N) is 2. The Morgan fingerprint density at radius 3 is 2.21 bits per heavy atom. The van der Waals surface area contributed by atoms with Crippen LogP contribution in [0.2, 0.25) is 0 Å². The SMILES string of the molecule is CN(C)CC(C)(C)CNC(=O)CCc1ccc(S(=O)(=O)N2CCCCCC2)cc1. The normalized spacial score (nSPS) is 16.6. The van der Waals surface area contributed by atoms with E-state index >= 15 is 0 Å². The van der Waals surface area contributed by atoms with Gasteiger partial charge >= 0.3 is 0 Å². The van der Waals surface area contributed by atoms with Crippen LogP contribution in [0.4, 0.5) is 0 Å². The molecule has 1 fully saturated rings. The van der Waals surface area contributed by atoms with Crippen LogP contribution in [0.3, 0.4) is 0 Å². The Bertz CT molecular complexity index is 750. The van der Waals surface area contributed by atoms with E-state index in [4.69, 9.17) is 0 Å². The van der Waals surface area contributed by atoms with Crippen LogP contribution in [0.1, 0.15) is 51.5 Å². The summed E-state index contributed by atoms with van der Waals surface area (Å²) in [4.78, 5) is 14.7. The summed E-state index contributed by atoms with van der Waals surface area (Å²) in [7, 11) is 0.638. The maximum absolute atomic E-state index is 12.8. The molecule has 1 aliphatic heterocycles. The van der Waals surface area contributed by atoms with Crippen molar-refractivity contribution < 1.29 is 13.2 Å². The maximum atomic E-state index is 12.8. The van der Waals surface area contributed by atoms with Crippen molar-refractivity contribution >= 4 is 15.9 Å². The second-order valence-electron chi connectivity index (χ2n) is 9.14. The predicted octanol–water partition coefficient (Wildman–Crippen LogP) is 2.89. The molecule has 6 nitrogen and oxygen atoms in total. The van der Waals surface area contributed by atoms with Crippen molar-refractivity contribution in [2.45, 2.75) is 57.3 Å². The highest BCUT2D eigenvalue weighted by molar-refractivity contribution is 7.89. The smallest absolute Gasteiger partial charge is 0.243 e. The summed E-state index contributed by atoms with van der Waals surface area (Å²) in [6.07, 6.45) is 5.05. The lowest BCUT2D eigenvalue weighted by Gasteiger charge is -2.28. The molecule has 1 N–H and O–H groups in total. The van der Waals surface area contributed by atoms with Crippen LogP contribution in [-0.4, -0.2) is 63.8 Å². The van der Waals surface area contributed by atoms with E-state index in [2.05, 4.69) is 24.1 Å². The second kappa shape index (κ2) is 10.5. The summed E-state index contributed by atoms with van der Waals surface area (Å²) in [5.41, 5.74) is 0.991. The molecule has 0 aliphatic carbocycles. The molecule has 0 spiro atoms. The Morgan fingerprint density at radius 1 is 1.07 bits per heavy atom. The molecule has 1 aromatic carbocycles. The van der Waals surface area contributed by atoms with Crippen molar-refractivity contribution in [2.75, 3.05) is 40.3 Å². The number of benzene rings is 1. The standard InChI is InChI=1S/C22H37N3O3S/c1-22(2,18-24(3)4)17-23-21(26)14-11-19-9-12-20(13-10-19)29(27,28)25-15-7-5-6-8-16-25/h9-10,12-13H,5-8,11,14-18H2,1-4H3,(H,23,26). The highest BCUT2D eigenvalue weighted by atomic mass is 32.2. The molecule has 7 heteroatoms. The molecule has 1 amide bonds. The lowest BCUT2D eigenvalue weighted by atomic mass is 9.93. The third-order valence-corrected chi connectivity index (χ3v) is 7.19. The number of nitrogens with one attached hydrogen (secondary N) is 1. The number of sulfonamides is 1. The fourth-order valence-electron chi connectivity index (χ4n) is 3.86. The van der Waals surface area contributed by atoms with E-state index < -0.39 is 10.0 Å². The van der Waals surface area contributed by atoms with Gasteiger partial charge in [-0.25, -0.2) is 8.42 Å². The number of aryl methyl sites for hydroxylation is 1. The Balaban J connectivity index is 1.86. The molecular weight excluding hydrogens is 386 g/mol. The zero-order valence-electron chi connectivity index (χ0n) is 18.4. The van der Waals surface area contributed by atoms with Gasteiger partial charge in [-0.2, -0.15) is 4.31 Å². The monoisotopic (exact) mass is 423 g/mol. The van der Waals surface area contributed by atoms with Crippen molar-refractivity contribution in [2.24, 2.45) is 5.41 Å². The van der Waals surface area contributed by atoms with E-state index in [0.29, 0.717) is 37.4 Å². The first kappa shape index (κ1) is 23.8. The first-order valence-electron chi connectivity index (χ1n) is 10.6. The second-order valence-corrected chi connectivity index (χ2v) is 11.1. The quantitative estimate of drug-likeness (QED) is 0.663. The maximum Gasteiger partial charge on any atom is 0.243 e. The molecule has 0 bridgehead atoms. The van der Waals surface area contributed by atoms with Gasteiger partial charge in [0.15, 0.2) is 0 Å². The van der Waals surface area contributed by atoms with Gasteiger partial charge in [-0.3, -0.25) is 4.79 Å². The fraction of sp³-hybridized carbons (Fsp3) is 0.682. The van der Waals surface area contributed by atoms with E-state index in [0.717, 1.165) is 37.8 Å². The van der Waals surface area contributed by atoms with Crippen LogP contribution in [0.15, 0.2) is 29.2 Å². The summed E-state index contributed by atoms with van der Waals surface area (Å²) >= 11 is 0. The van der Waals surface area contributed by atoms with Crippen LogP contribution >= 0.6 is 0 Å². The minimum absolute atomic E-state index is 0.0164. The molecule has 0 aromatic heterocycles. The van der Waals surface area contributed by atoms with Gasteiger partial charge in [-0.15, -0.1) is 0 Å². The third-order valence-electron chi connectivity index (χ3n) is 5.28. The Labute approximate surface area is 176 Å². The van der Waals surface area contributed by atoms with E-state index in [9.17, 15) is 13.2 Å². The molecule has 2 rings (SSSR count). The predicted molar refractivity (Wildman–Crippen MR) is 117 cm³/mol. The summed E-state index contributed by atoms with van der Waals surface area (Å²) in [5, 5.41) is 3.01. The van der Waals surface area contributed by atoms with Crippen LogP contribution in [0, 0.1) is 5.41 Å².